The fourth-order valence-corrected chi connectivity index (χ4v) is 4.76. The average Bonchev–Trinajstić information content (AvgIpc) is 3.25. The Morgan fingerprint density at radius 2 is 2.10 bits per heavy atom. The van der Waals surface area contributed by atoms with Crippen molar-refractivity contribution in [2.45, 2.75) is 36.6 Å². The quantitative estimate of drug-likeness (QED) is 0.386. The third-order valence-electron chi connectivity index (χ3n) is 4.85. The number of hydrogen-bond acceptors (Lipinski definition) is 3. The molecule has 0 radical (unpaired) electrons. The molecule has 0 saturated carbocycles. The van der Waals surface area contributed by atoms with Crippen LogP contribution in [0.3, 0.4) is 0 Å². The van der Waals surface area contributed by atoms with E-state index < -0.39 is 11.8 Å². The lowest BCUT2D eigenvalue weighted by Gasteiger charge is -2.07. The van der Waals surface area contributed by atoms with Crippen LogP contribution in [0, 0.1) is 12.7 Å². The Labute approximate surface area is 182 Å². The minimum absolute atomic E-state index is 0.258. The SMILES string of the molecule is CCCn1cc(-n2c(C)c(Sc3cccc(C(=O)O)c3F)c3ccc(Cl)cc32)cn1. The summed E-state index contributed by atoms with van der Waals surface area (Å²) in [6.45, 7) is 4.85. The van der Waals surface area contributed by atoms with Crippen LogP contribution in [0.4, 0.5) is 4.39 Å². The third-order valence-corrected chi connectivity index (χ3v) is 6.34. The van der Waals surface area contributed by atoms with E-state index in [4.69, 9.17) is 11.6 Å². The van der Waals surface area contributed by atoms with Gasteiger partial charge in [0.25, 0.3) is 0 Å². The van der Waals surface area contributed by atoms with Crippen molar-refractivity contribution in [3.05, 3.63) is 70.9 Å². The van der Waals surface area contributed by atoms with Crippen molar-refractivity contribution in [3.8, 4) is 5.69 Å². The fraction of sp³-hybridized carbons (Fsp3) is 0.182. The molecule has 0 amide bonds. The van der Waals surface area contributed by atoms with E-state index in [1.165, 1.54) is 17.8 Å². The maximum Gasteiger partial charge on any atom is 0.338 e. The van der Waals surface area contributed by atoms with Gasteiger partial charge in [-0.25, -0.2) is 9.18 Å². The van der Waals surface area contributed by atoms with Crippen LogP contribution in [0.25, 0.3) is 16.6 Å². The first-order chi connectivity index (χ1) is 14.4. The molecule has 0 aliphatic heterocycles. The van der Waals surface area contributed by atoms with Gasteiger partial charge in [0, 0.05) is 38.6 Å². The number of nitrogens with zero attached hydrogens (tertiary/aromatic N) is 3. The Morgan fingerprint density at radius 3 is 2.83 bits per heavy atom. The zero-order valence-electron chi connectivity index (χ0n) is 16.4. The third kappa shape index (κ3) is 3.59. The van der Waals surface area contributed by atoms with E-state index in [-0.39, 0.29) is 10.5 Å². The van der Waals surface area contributed by atoms with E-state index >= 15 is 0 Å². The number of benzene rings is 2. The molecule has 2 heterocycles. The molecule has 0 unspecified atom stereocenters. The molecule has 4 rings (SSSR count). The molecule has 0 bridgehead atoms. The molecule has 30 heavy (non-hydrogen) atoms. The first-order valence-corrected chi connectivity index (χ1v) is 10.6. The number of aromatic carboxylic acids is 1. The number of rotatable bonds is 6. The van der Waals surface area contributed by atoms with Crippen molar-refractivity contribution in [3.63, 3.8) is 0 Å². The predicted octanol–water partition coefficient (Wildman–Crippen LogP) is 6.19. The second-order valence-electron chi connectivity index (χ2n) is 6.90. The smallest absolute Gasteiger partial charge is 0.338 e. The summed E-state index contributed by atoms with van der Waals surface area (Å²) in [6.07, 6.45) is 4.73. The zero-order valence-corrected chi connectivity index (χ0v) is 18.0. The summed E-state index contributed by atoms with van der Waals surface area (Å²) in [5.41, 5.74) is 2.33. The standard InChI is InChI=1S/C22H19ClFN3O2S/c1-3-9-26-12-15(11-25-26)27-13(2)21(16-8-7-14(23)10-18(16)27)30-19-6-4-5-17(20(19)24)22(28)29/h4-8,10-12H,3,9H2,1-2H3,(H,28,29). The molecule has 5 nitrogen and oxygen atoms in total. The molecule has 2 aromatic heterocycles. The summed E-state index contributed by atoms with van der Waals surface area (Å²) in [5.74, 6) is -2.02. The zero-order chi connectivity index (χ0) is 21.4. The highest BCUT2D eigenvalue weighted by molar-refractivity contribution is 7.99. The molecule has 4 aromatic rings. The summed E-state index contributed by atoms with van der Waals surface area (Å²) in [6, 6.07) is 9.97. The molecule has 1 N–H and O–H groups in total. The normalized spacial score (nSPS) is 11.3. The van der Waals surface area contributed by atoms with Crippen LogP contribution in [-0.4, -0.2) is 25.4 Å². The molecule has 0 aliphatic carbocycles. The number of hydrogen-bond donors (Lipinski definition) is 1. The predicted molar refractivity (Wildman–Crippen MR) is 117 cm³/mol. The number of carboxylic acid groups (broad SMARTS) is 1. The van der Waals surface area contributed by atoms with Gasteiger partial charge in [-0.3, -0.25) is 4.68 Å². The minimum Gasteiger partial charge on any atom is -0.478 e. The van der Waals surface area contributed by atoms with Crippen LogP contribution in [0.1, 0.15) is 29.4 Å². The molecule has 8 heteroatoms. The lowest BCUT2D eigenvalue weighted by atomic mass is 10.2. The Hall–Kier alpha value is -2.77. The van der Waals surface area contributed by atoms with Gasteiger partial charge in [-0.05, 0) is 37.6 Å². The van der Waals surface area contributed by atoms with Gasteiger partial charge in [-0.1, -0.05) is 42.4 Å². The Morgan fingerprint density at radius 1 is 1.30 bits per heavy atom. The Kier molecular flexibility index (Phi) is 5.58. The van der Waals surface area contributed by atoms with Crippen LogP contribution in [0.5, 0.6) is 0 Å². The van der Waals surface area contributed by atoms with Crippen molar-refractivity contribution in [1.29, 1.82) is 0 Å². The van der Waals surface area contributed by atoms with E-state index in [1.54, 1.807) is 24.4 Å². The van der Waals surface area contributed by atoms with Crippen molar-refractivity contribution in [2.75, 3.05) is 0 Å². The first kappa shape index (κ1) is 20.5. The van der Waals surface area contributed by atoms with Crippen molar-refractivity contribution < 1.29 is 14.3 Å². The molecular weight excluding hydrogens is 425 g/mol. The number of halogens is 2. The van der Waals surface area contributed by atoms with E-state index in [1.807, 2.05) is 34.5 Å². The van der Waals surface area contributed by atoms with Gasteiger partial charge in [0.2, 0.25) is 0 Å². The molecule has 2 aromatic carbocycles. The summed E-state index contributed by atoms with van der Waals surface area (Å²) in [5, 5.41) is 15.2. The van der Waals surface area contributed by atoms with Crippen LogP contribution >= 0.6 is 23.4 Å². The second-order valence-corrected chi connectivity index (χ2v) is 8.39. The van der Waals surface area contributed by atoms with Crippen LogP contribution < -0.4 is 0 Å². The molecule has 0 saturated heterocycles. The topological polar surface area (TPSA) is 60.0 Å². The maximum absolute atomic E-state index is 14.8. The number of aryl methyl sites for hydroxylation is 1. The molecule has 154 valence electrons. The van der Waals surface area contributed by atoms with Gasteiger partial charge < -0.3 is 9.67 Å². The average molecular weight is 444 g/mol. The van der Waals surface area contributed by atoms with E-state index in [2.05, 4.69) is 12.0 Å². The minimum atomic E-state index is -1.29. The number of aromatic nitrogens is 3. The first-order valence-electron chi connectivity index (χ1n) is 9.43. The van der Waals surface area contributed by atoms with Gasteiger partial charge in [0.15, 0.2) is 5.82 Å². The van der Waals surface area contributed by atoms with Gasteiger partial charge >= 0.3 is 5.97 Å². The van der Waals surface area contributed by atoms with E-state index in [0.717, 1.165) is 40.1 Å². The number of carboxylic acids is 1. The summed E-state index contributed by atoms with van der Waals surface area (Å²) in [7, 11) is 0. The van der Waals surface area contributed by atoms with Gasteiger partial charge in [0.1, 0.15) is 0 Å². The lowest BCUT2D eigenvalue weighted by Crippen LogP contribution is -2.01. The van der Waals surface area contributed by atoms with Gasteiger partial charge in [-0.2, -0.15) is 5.10 Å². The maximum atomic E-state index is 14.8. The number of carbonyl (C=O) groups is 1. The highest BCUT2D eigenvalue weighted by atomic mass is 35.5. The highest BCUT2D eigenvalue weighted by Crippen LogP contribution is 2.41. The summed E-state index contributed by atoms with van der Waals surface area (Å²) < 4.78 is 18.7. The summed E-state index contributed by atoms with van der Waals surface area (Å²) in [4.78, 5) is 12.4. The van der Waals surface area contributed by atoms with Crippen LogP contribution in [0.2, 0.25) is 5.02 Å². The largest absolute Gasteiger partial charge is 0.478 e. The number of fused-ring (bicyclic) bond motifs is 1. The van der Waals surface area contributed by atoms with Crippen molar-refractivity contribution in [2.24, 2.45) is 0 Å². The Balaban J connectivity index is 1.88. The van der Waals surface area contributed by atoms with Crippen LogP contribution in [-0.2, 0) is 6.54 Å². The van der Waals surface area contributed by atoms with Crippen LogP contribution in [0.15, 0.2) is 58.6 Å². The molecule has 0 fully saturated rings. The van der Waals surface area contributed by atoms with Gasteiger partial charge in [0.05, 0.1) is 23.0 Å². The second kappa shape index (κ2) is 8.16. The van der Waals surface area contributed by atoms with E-state index in [9.17, 15) is 14.3 Å². The van der Waals surface area contributed by atoms with E-state index in [0.29, 0.717) is 5.02 Å². The van der Waals surface area contributed by atoms with Crippen molar-refractivity contribution in [1.82, 2.24) is 14.3 Å². The molecule has 0 aliphatic rings. The van der Waals surface area contributed by atoms with Gasteiger partial charge in [-0.15, -0.1) is 0 Å². The molecule has 0 atom stereocenters. The summed E-state index contributed by atoms with van der Waals surface area (Å²) >= 11 is 7.48. The highest BCUT2D eigenvalue weighted by Gasteiger charge is 2.21. The molecular formula is C22H19ClFN3O2S. The molecule has 0 spiro atoms. The van der Waals surface area contributed by atoms with Crippen molar-refractivity contribution >= 4 is 40.2 Å². The monoisotopic (exact) mass is 443 g/mol. The lowest BCUT2D eigenvalue weighted by molar-refractivity contribution is 0.0691. The fourth-order valence-electron chi connectivity index (χ4n) is 3.50. The Bertz CT molecular complexity index is 1260.